The molecule has 15 heavy (non-hydrogen) atoms. The molecule has 0 aromatic heterocycles. The smallest absolute Gasteiger partial charge is 0.123 e. The van der Waals surface area contributed by atoms with Crippen LogP contribution in [0.15, 0.2) is 24.3 Å². The zero-order valence-electron chi connectivity index (χ0n) is 9.01. The molecule has 1 saturated carbocycles. The van der Waals surface area contributed by atoms with E-state index >= 15 is 0 Å². The number of unbranched alkanes of at least 4 members (excludes halogenated alkanes) is 1. The van der Waals surface area contributed by atoms with E-state index in [2.05, 4.69) is 5.32 Å². The third-order valence-corrected chi connectivity index (χ3v) is 2.82. The van der Waals surface area contributed by atoms with E-state index in [1.165, 1.54) is 43.4 Å². The van der Waals surface area contributed by atoms with Gasteiger partial charge in [0.25, 0.3) is 0 Å². The molecule has 82 valence electrons. The van der Waals surface area contributed by atoms with Crippen molar-refractivity contribution in [2.75, 3.05) is 6.54 Å². The van der Waals surface area contributed by atoms with E-state index in [0.29, 0.717) is 0 Å². The monoisotopic (exact) mass is 207 g/mol. The van der Waals surface area contributed by atoms with Crippen molar-refractivity contribution in [3.05, 3.63) is 35.6 Å². The van der Waals surface area contributed by atoms with E-state index in [4.69, 9.17) is 0 Å². The molecule has 1 nitrogen and oxygen atoms in total. The molecule has 0 heterocycles. The van der Waals surface area contributed by atoms with Gasteiger partial charge in [-0.05, 0) is 56.3 Å². The molecule has 0 spiro atoms. The van der Waals surface area contributed by atoms with Crippen LogP contribution in [0.3, 0.4) is 0 Å². The van der Waals surface area contributed by atoms with E-state index in [1.807, 2.05) is 12.1 Å². The van der Waals surface area contributed by atoms with Gasteiger partial charge in [0.2, 0.25) is 0 Å². The van der Waals surface area contributed by atoms with Gasteiger partial charge in [0, 0.05) is 6.04 Å². The zero-order chi connectivity index (χ0) is 10.5. The molecule has 1 aromatic carbocycles. The second-order valence-electron chi connectivity index (χ2n) is 4.31. The van der Waals surface area contributed by atoms with Crippen molar-refractivity contribution >= 4 is 0 Å². The lowest BCUT2D eigenvalue weighted by atomic mass is 10.1. The number of aryl methyl sites for hydroxylation is 1. The molecule has 0 bridgehead atoms. The highest BCUT2D eigenvalue weighted by atomic mass is 19.1. The lowest BCUT2D eigenvalue weighted by Gasteiger charge is -2.03. The summed E-state index contributed by atoms with van der Waals surface area (Å²) in [6, 6.07) is 7.65. The van der Waals surface area contributed by atoms with E-state index in [-0.39, 0.29) is 5.82 Å². The molecule has 2 heteroatoms. The Bertz CT molecular complexity index is 290. The fourth-order valence-corrected chi connectivity index (χ4v) is 1.70. The first-order valence-corrected chi connectivity index (χ1v) is 5.82. The summed E-state index contributed by atoms with van der Waals surface area (Å²) < 4.78 is 12.6. The lowest BCUT2D eigenvalue weighted by molar-refractivity contribution is 0.615. The molecule has 1 aliphatic carbocycles. The standard InChI is InChI=1S/C13H18FN/c14-12-6-4-11(5-7-12)3-1-2-10-15-13-8-9-13/h4-7,13,15H,1-3,8-10H2. The number of nitrogens with one attached hydrogen (secondary N) is 1. The highest BCUT2D eigenvalue weighted by Gasteiger charge is 2.19. The first-order valence-electron chi connectivity index (χ1n) is 5.82. The summed E-state index contributed by atoms with van der Waals surface area (Å²) in [6.07, 6.45) is 6.18. The van der Waals surface area contributed by atoms with Crippen LogP contribution in [-0.4, -0.2) is 12.6 Å². The normalized spacial score (nSPS) is 15.5. The van der Waals surface area contributed by atoms with Gasteiger partial charge in [-0.15, -0.1) is 0 Å². The molecule has 1 aromatic rings. The molecule has 0 radical (unpaired) electrons. The van der Waals surface area contributed by atoms with Gasteiger partial charge in [0.15, 0.2) is 0 Å². The predicted molar refractivity (Wildman–Crippen MR) is 60.4 cm³/mol. The fourth-order valence-electron chi connectivity index (χ4n) is 1.70. The molecule has 0 amide bonds. The largest absolute Gasteiger partial charge is 0.314 e. The number of hydrogen-bond acceptors (Lipinski definition) is 1. The molecule has 1 aliphatic rings. The van der Waals surface area contributed by atoms with Gasteiger partial charge >= 0.3 is 0 Å². The van der Waals surface area contributed by atoms with Gasteiger partial charge in [-0.1, -0.05) is 12.1 Å². The van der Waals surface area contributed by atoms with Crippen molar-refractivity contribution in [1.82, 2.24) is 5.32 Å². The van der Waals surface area contributed by atoms with Crippen molar-refractivity contribution in [2.45, 2.75) is 38.1 Å². The van der Waals surface area contributed by atoms with Gasteiger partial charge in [0.05, 0.1) is 0 Å². The van der Waals surface area contributed by atoms with Gasteiger partial charge in [-0.2, -0.15) is 0 Å². The van der Waals surface area contributed by atoms with Crippen molar-refractivity contribution in [2.24, 2.45) is 0 Å². The fraction of sp³-hybridized carbons (Fsp3) is 0.538. The second kappa shape index (κ2) is 5.26. The van der Waals surface area contributed by atoms with Crippen LogP contribution in [0.1, 0.15) is 31.2 Å². The van der Waals surface area contributed by atoms with Crippen LogP contribution in [0, 0.1) is 5.82 Å². The van der Waals surface area contributed by atoms with Gasteiger partial charge < -0.3 is 5.32 Å². The maximum absolute atomic E-state index is 12.6. The van der Waals surface area contributed by atoms with Crippen LogP contribution >= 0.6 is 0 Å². The molecule has 1 fully saturated rings. The lowest BCUT2D eigenvalue weighted by Crippen LogP contribution is -2.17. The van der Waals surface area contributed by atoms with Crippen LogP contribution in [0.4, 0.5) is 4.39 Å². The molecule has 1 N–H and O–H groups in total. The Morgan fingerprint density at radius 1 is 1.13 bits per heavy atom. The van der Waals surface area contributed by atoms with Gasteiger partial charge in [-0.3, -0.25) is 0 Å². The van der Waals surface area contributed by atoms with E-state index in [9.17, 15) is 4.39 Å². The topological polar surface area (TPSA) is 12.0 Å². The Balaban J connectivity index is 1.58. The van der Waals surface area contributed by atoms with Gasteiger partial charge in [0.1, 0.15) is 5.82 Å². The molecular weight excluding hydrogens is 189 g/mol. The predicted octanol–water partition coefficient (Wildman–Crippen LogP) is 2.90. The maximum atomic E-state index is 12.6. The van der Waals surface area contributed by atoms with Crippen molar-refractivity contribution in [1.29, 1.82) is 0 Å². The SMILES string of the molecule is Fc1ccc(CCCCNC2CC2)cc1. The van der Waals surface area contributed by atoms with Crippen LogP contribution in [0.2, 0.25) is 0 Å². The molecule has 2 rings (SSSR count). The van der Waals surface area contributed by atoms with E-state index in [1.54, 1.807) is 0 Å². The van der Waals surface area contributed by atoms with Crippen LogP contribution in [0.5, 0.6) is 0 Å². The summed E-state index contributed by atoms with van der Waals surface area (Å²) in [5.41, 5.74) is 1.24. The van der Waals surface area contributed by atoms with Crippen LogP contribution in [-0.2, 0) is 6.42 Å². The first kappa shape index (κ1) is 10.6. The Hall–Kier alpha value is -0.890. The third-order valence-electron chi connectivity index (χ3n) is 2.82. The maximum Gasteiger partial charge on any atom is 0.123 e. The van der Waals surface area contributed by atoms with Crippen molar-refractivity contribution in [3.8, 4) is 0 Å². The summed E-state index contributed by atoms with van der Waals surface area (Å²) in [4.78, 5) is 0. The van der Waals surface area contributed by atoms with Gasteiger partial charge in [-0.25, -0.2) is 4.39 Å². The molecular formula is C13H18FN. The van der Waals surface area contributed by atoms with Crippen LogP contribution < -0.4 is 5.32 Å². The highest BCUT2D eigenvalue weighted by molar-refractivity contribution is 5.15. The number of benzene rings is 1. The summed E-state index contributed by atoms with van der Waals surface area (Å²) in [7, 11) is 0. The average Bonchev–Trinajstić information content (AvgIpc) is 3.04. The minimum atomic E-state index is -0.144. The summed E-state index contributed by atoms with van der Waals surface area (Å²) >= 11 is 0. The third kappa shape index (κ3) is 4.00. The summed E-state index contributed by atoms with van der Waals surface area (Å²) in [5.74, 6) is -0.144. The Morgan fingerprint density at radius 3 is 2.53 bits per heavy atom. The quantitative estimate of drug-likeness (QED) is 0.707. The van der Waals surface area contributed by atoms with Crippen molar-refractivity contribution in [3.63, 3.8) is 0 Å². The first-order chi connectivity index (χ1) is 7.34. The highest BCUT2D eigenvalue weighted by Crippen LogP contribution is 2.18. The molecule has 0 saturated heterocycles. The number of halogens is 1. The molecule has 0 unspecified atom stereocenters. The summed E-state index contributed by atoms with van der Waals surface area (Å²) in [5, 5.41) is 3.49. The summed E-state index contributed by atoms with van der Waals surface area (Å²) in [6.45, 7) is 1.13. The number of hydrogen-bond donors (Lipinski definition) is 1. The number of rotatable bonds is 6. The van der Waals surface area contributed by atoms with Crippen LogP contribution in [0.25, 0.3) is 0 Å². The van der Waals surface area contributed by atoms with E-state index in [0.717, 1.165) is 19.0 Å². The van der Waals surface area contributed by atoms with E-state index < -0.39 is 0 Å². The minimum Gasteiger partial charge on any atom is -0.314 e. The molecule has 0 aliphatic heterocycles. The Morgan fingerprint density at radius 2 is 1.87 bits per heavy atom. The van der Waals surface area contributed by atoms with Crippen molar-refractivity contribution < 1.29 is 4.39 Å². The minimum absolute atomic E-state index is 0.144. The zero-order valence-corrected chi connectivity index (χ0v) is 9.01. The second-order valence-corrected chi connectivity index (χ2v) is 4.31. The average molecular weight is 207 g/mol. The Kier molecular flexibility index (Phi) is 3.73. The Labute approximate surface area is 90.7 Å². The molecule has 0 atom stereocenters.